The maximum absolute atomic E-state index is 5.73. The second-order valence-electron chi connectivity index (χ2n) is 5.85. The second-order valence-corrected chi connectivity index (χ2v) is 5.85. The minimum absolute atomic E-state index is 0.751. The highest BCUT2D eigenvalue weighted by Crippen LogP contribution is 2.22. The molecule has 1 aliphatic heterocycles. The number of nitrogen functional groups attached to an aromatic ring is 1. The average molecular weight is 306 g/mol. The van der Waals surface area contributed by atoms with Crippen molar-refractivity contribution >= 4 is 5.69 Å². The smallest absolute Gasteiger partial charge is 0.159 e. The standard InChI is InChI=1S/C17H18N6/c18-15-3-1-13(2-4-15)17-19-9-14-11-23(6-5-16(14)22-17)10-12-7-20-21-8-12/h1-4,7-9H,5-6,10-11,18H2,(H,20,21). The summed E-state index contributed by atoms with van der Waals surface area (Å²) in [5.74, 6) is 0.770. The van der Waals surface area contributed by atoms with Crippen LogP contribution in [0.4, 0.5) is 5.69 Å². The van der Waals surface area contributed by atoms with Crippen molar-refractivity contribution in [3.05, 3.63) is 59.7 Å². The molecule has 3 heterocycles. The van der Waals surface area contributed by atoms with Gasteiger partial charge in [0.05, 0.1) is 11.9 Å². The van der Waals surface area contributed by atoms with Crippen LogP contribution in [0.3, 0.4) is 0 Å². The van der Waals surface area contributed by atoms with Gasteiger partial charge in [-0.25, -0.2) is 9.97 Å². The predicted octanol–water partition coefficient (Wildman–Crippen LogP) is 2.01. The van der Waals surface area contributed by atoms with E-state index in [1.54, 1.807) is 0 Å². The Bertz CT molecular complexity index is 794. The molecule has 0 radical (unpaired) electrons. The summed E-state index contributed by atoms with van der Waals surface area (Å²) < 4.78 is 0. The van der Waals surface area contributed by atoms with E-state index in [0.717, 1.165) is 48.8 Å². The molecule has 0 atom stereocenters. The lowest BCUT2D eigenvalue weighted by Crippen LogP contribution is -2.30. The van der Waals surface area contributed by atoms with Crippen molar-refractivity contribution in [1.29, 1.82) is 0 Å². The van der Waals surface area contributed by atoms with E-state index in [0.29, 0.717) is 0 Å². The van der Waals surface area contributed by atoms with Crippen LogP contribution in [0.2, 0.25) is 0 Å². The Kier molecular flexibility index (Phi) is 3.51. The average Bonchev–Trinajstić information content (AvgIpc) is 3.08. The van der Waals surface area contributed by atoms with E-state index in [2.05, 4.69) is 20.1 Å². The summed E-state index contributed by atoms with van der Waals surface area (Å²) >= 11 is 0. The van der Waals surface area contributed by atoms with Gasteiger partial charge in [0.15, 0.2) is 5.82 Å². The van der Waals surface area contributed by atoms with E-state index in [-0.39, 0.29) is 0 Å². The van der Waals surface area contributed by atoms with Crippen LogP contribution in [0, 0.1) is 0 Å². The highest BCUT2D eigenvalue weighted by atomic mass is 15.1. The number of benzene rings is 1. The molecule has 0 saturated carbocycles. The summed E-state index contributed by atoms with van der Waals surface area (Å²) in [4.78, 5) is 11.7. The monoisotopic (exact) mass is 306 g/mol. The highest BCUT2D eigenvalue weighted by Gasteiger charge is 2.19. The van der Waals surface area contributed by atoms with Crippen LogP contribution >= 0.6 is 0 Å². The summed E-state index contributed by atoms with van der Waals surface area (Å²) in [6, 6.07) is 7.69. The van der Waals surface area contributed by atoms with Crippen LogP contribution in [0.5, 0.6) is 0 Å². The van der Waals surface area contributed by atoms with Gasteiger partial charge in [-0.05, 0) is 24.3 Å². The lowest BCUT2D eigenvalue weighted by atomic mass is 10.1. The Morgan fingerprint density at radius 2 is 2.04 bits per heavy atom. The molecule has 0 amide bonds. The second kappa shape index (κ2) is 5.81. The number of nitrogens with two attached hydrogens (primary N) is 1. The number of H-pyrrole nitrogens is 1. The summed E-state index contributed by atoms with van der Waals surface area (Å²) in [5.41, 5.74) is 11.0. The van der Waals surface area contributed by atoms with Crippen LogP contribution in [0.1, 0.15) is 16.8 Å². The molecule has 0 fully saturated rings. The van der Waals surface area contributed by atoms with Gasteiger partial charge in [0, 0.05) is 60.8 Å². The van der Waals surface area contributed by atoms with Crippen molar-refractivity contribution in [2.45, 2.75) is 19.5 Å². The molecule has 0 unspecified atom stereocenters. The molecule has 4 rings (SSSR count). The quantitative estimate of drug-likeness (QED) is 0.723. The molecule has 2 aromatic heterocycles. The van der Waals surface area contributed by atoms with Crippen LogP contribution in [-0.4, -0.2) is 31.6 Å². The first-order valence-corrected chi connectivity index (χ1v) is 7.68. The number of nitrogens with zero attached hydrogens (tertiary/aromatic N) is 4. The zero-order chi connectivity index (χ0) is 15.6. The number of aromatic nitrogens is 4. The third-order valence-corrected chi connectivity index (χ3v) is 4.14. The first-order chi connectivity index (χ1) is 11.3. The number of hydrogen-bond acceptors (Lipinski definition) is 5. The van der Waals surface area contributed by atoms with Crippen molar-refractivity contribution in [1.82, 2.24) is 25.1 Å². The summed E-state index contributed by atoms with van der Waals surface area (Å²) in [7, 11) is 0. The van der Waals surface area contributed by atoms with E-state index in [1.807, 2.05) is 42.9 Å². The zero-order valence-electron chi connectivity index (χ0n) is 12.7. The molecule has 0 spiro atoms. The lowest BCUT2D eigenvalue weighted by molar-refractivity contribution is 0.243. The minimum Gasteiger partial charge on any atom is -0.399 e. The van der Waals surface area contributed by atoms with E-state index >= 15 is 0 Å². The maximum atomic E-state index is 5.73. The van der Waals surface area contributed by atoms with Gasteiger partial charge in [-0.3, -0.25) is 10.00 Å². The molecule has 1 aromatic carbocycles. The molecule has 0 aliphatic carbocycles. The van der Waals surface area contributed by atoms with Crippen LogP contribution in [0.25, 0.3) is 11.4 Å². The molecule has 0 bridgehead atoms. The Morgan fingerprint density at radius 3 is 2.83 bits per heavy atom. The highest BCUT2D eigenvalue weighted by molar-refractivity contribution is 5.58. The van der Waals surface area contributed by atoms with Gasteiger partial charge in [-0.1, -0.05) is 0 Å². The Balaban J connectivity index is 1.53. The fraction of sp³-hybridized carbons (Fsp3) is 0.235. The first-order valence-electron chi connectivity index (χ1n) is 7.68. The van der Waals surface area contributed by atoms with Gasteiger partial charge >= 0.3 is 0 Å². The number of nitrogens with one attached hydrogen (secondary N) is 1. The van der Waals surface area contributed by atoms with Gasteiger partial charge < -0.3 is 5.73 Å². The fourth-order valence-corrected chi connectivity index (χ4v) is 2.90. The first kappa shape index (κ1) is 13.9. The van der Waals surface area contributed by atoms with Crippen molar-refractivity contribution in [2.24, 2.45) is 0 Å². The summed E-state index contributed by atoms with van der Waals surface area (Å²) in [6.07, 6.45) is 6.71. The Labute approximate surface area is 134 Å². The molecule has 23 heavy (non-hydrogen) atoms. The largest absolute Gasteiger partial charge is 0.399 e. The number of fused-ring (bicyclic) bond motifs is 1. The lowest BCUT2D eigenvalue weighted by Gasteiger charge is -2.27. The van der Waals surface area contributed by atoms with Gasteiger partial charge in [0.25, 0.3) is 0 Å². The number of aromatic amines is 1. The van der Waals surface area contributed by atoms with Crippen LogP contribution in [-0.2, 0) is 19.5 Å². The molecule has 6 nitrogen and oxygen atoms in total. The van der Waals surface area contributed by atoms with Gasteiger partial charge in [-0.15, -0.1) is 0 Å². The van der Waals surface area contributed by atoms with E-state index in [1.165, 1.54) is 11.1 Å². The number of hydrogen-bond donors (Lipinski definition) is 2. The SMILES string of the molecule is Nc1ccc(-c2ncc3c(n2)CCN(Cc2cn[nH]c2)C3)cc1. The third-order valence-electron chi connectivity index (χ3n) is 4.14. The maximum Gasteiger partial charge on any atom is 0.159 e. The number of anilines is 1. The third kappa shape index (κ3) is 2.93. The van der Waals surface area contributed by atoms with Gasteiger partial charge in [-0.2, -0.15) is 5.10 Å². The van der Waals surface area contributed by atoms with E-state index in [9.17, 15) is 0 Å². The molecule has 1 aliphatic rings. The van der Waals surface area contributed by atoms with Crippen molar-refractivity contribution in [3.8, 4) is 11.4 Å². The van der Waals surface area contributed by atoms with Crippen molar-refractivity contribution in [2.75, 3.05) is 12.3 Å². The molecular weight excluding hydrogens is 288 g/mol. The normalized spacial score (nSPS) is 14.6. The van der Waals surface area contributed by atoms with Crippen molar-refractivity contribution in [3.63, 3.8) is 0 Å². The van der Waals surface area contributed by atoms with E-state index in [4.69, 9.17) is 10.7 Å². The fourth-order valence-electron chi connectivity index (χ4n) is 2.90. The molecule has 3 N–H and O–H groups in total. The summed E-state index contributed by atoms with van der Waals surface area (Å²) in [6.45, 7) is 2.77. The minimum atomic E-state index is 0.751. The predicted molar refractivity (Wildman–Crippen MR) is 88.3 cm³/mol. The molecule has 6 heteroatoms. The van der Waals surface area contributed by atoms with Gasteiger partial charge in [0.2, 0.25) is 0 Å². The van der Waals surface area contributed by atoms with Crippen LogP contribution in [0.15, 0.2) is 42.9 Å². The topological polar surface area (TPSA) is 83.7 Å². The molecular formula is C17H18N6. The Hall–Kier alpha value is -2.73. The number of rotatable bonds is 3. The van der Waals surface area contributed by atoms with Gasteiger partial charge in [0.1, 0.15) is 0 Å². The Morgan fingerprint density at radius 1 is 1.17 bits per heavy atom. The van der Waals surface area contributed by atoms with Crippen molar-refractivity contribution < 1.29 is 0 Å². The molecule has 0 saturated heterocycles. The zero-order valence-corrected chi connectivity index (χ0v) is 12.7. The van der Waals surface area contributed by atoms with E-state index < -0.39 is 0 Å². The summed E-state index contributed by atoms with van der Waals surface area (Å²) in [5, 5.41) is 6.86. The van der Waals surface area contributed by atoms with Crippen LogP contribution < -0.4 is 5.73 Å². The molecule has 3 aromatic rings. The molecule has 116 valence electrons.